The molecule has 11 heteroatoms. The Morgan fingerprint density at radius 2 is 2.00 bits per heavy atom. The number of rotatable bonds is 8. The van der Waals surface area contributed by atoms with Crippen molar-refractivity contribution in [3.63, 3.8) is 0 Å². The van der Waals surface area contributed by atoms with Crippen molar-refractivity contribution in [2.75, 3.05) is 50.5 Å². The summed E-state index contributed by atoms with van der Waals surface area (Å²) in [4.78, 5) is 27.8. The lowest BCUT2D eigenvalue weighted by Gasteiger charge is -2.51. The second-order valence-corrected chi connectivity index (χ2v) is 14.7. The third kappa shape index (κ3) is 6.01. The second-order valence-electron chi connectivity index (χ2n) is 14.7. The van der Waals surface area contributed by atoms with Crippen LogP contribution in [0.4, 0.5) is 15.9 Å². The number of piperidine rings is 2. The third-order valence-electron chi connectivity index (χ3n) is 11.5. The summed E-state index contributed by atoms with van der Waals surface area (Å²) in [7, 11) is 1.62. The van der Waals surface area contributed by atoms with Gasteiger partial charge in [-0.1, -0.05) is 0 Å². The molecule has 3 N–H and O–H groups in total. The monoisotopic (exact) mass is 667 g/mol. The summed E-state index contributed by atoms with van der Waals surface area (Å²) in [5, 5.41) is 3.86. The molecular weight excluding hydrogens is 621 g/mol. The highest BCUT2D eigenvalue weighted by molar-refractivity contribution is 5.88. The molecule has 2 atom stereocenters. The Balaban J connectivity index is 1.15. The van der Waals surface area contributed by atoms with Crippen molar-refractivity contribution >= 4 is 22.4 Å². The van der Waals surface area contributed by atoms with E-state index in [4.69, 9.17) is 15.2 Å². The molecule has 2 saturated heterocycles. The molecule has 258 valence electrons. The van der Waals surface area contributed by atoms with Crippen LogP contribution in [0.1, 0.15) is 74.1 Å². The number of nitrogens with one attached hydrogen (secondary N) is 1. The first kappa shape index (κ1) is 32.0. The summed E-state index contributed by atoms with van der Waals surface area (Å²) >= 11 is 0. The molecule has 4 aliphatic rings. The molecular formula is C38H46FN7O3. The third-order valence-corrected chi connectivity index (χ3v) is 11.5. The van der Waals surface area contributed by atoms with Crippen LogP contribution < -0.4 is 30.9 Å². The van der Waals surface area contributed by atoms with Crippen LogP contribution in [0.2, 0.25) is 0 Å². The average molecular weight is 668 g/mol. The molecule has 1 unspecified atom stereocenters. The molecule has 1 aromatic carbocycles. The Hall–Kier alpha value is -4.22. The van der Waals surface area contributed by atoms with Crippen LogP contribution in [0.25, 0.3) is 10.9 Å². The van der Waals surface area contributed by atoms with Gasteiger partial charge in [-0.3, -0.25) is 9.69 Å². The summed E-state index contributed by atoms with van der Waals surface area (Å²) in [6.45, 7) is 7.32. The molecule has 3 aliphatic heterocycles. The second kappa shape index (κ2) is 12.9. The van der Waals surface area contributed by atoms with Gasteiger partial charge in [-0.2, -0.15) is 0 Å². The first-order valence-corrected chi connectivity index (χ1v) is 17.7. The van der Waals surface area contributed by atoms with E-state index in [0.29, 0.717) is 59.1 Å². The first-order valence-electron chi connectivity index (χ1n) is 17.7. The number of hydrogen-bond acceptors (Lipinski definition) is 9. The van der Waals surface area contributed by atoms with Crippen LogP contribution >= 0.6 is 0 Å². The molecule has 4 aromatic rings. The fourth-order valence-electron chi connectivity index (χ4n) is 8.85. The van der Waals surface area contributed by atoms with Gasteiger partial charge >= 0.3 is 0 Å². The molecule has 0 bridgehead atoms. The molecule has 0 amide bonds. The zero-order valence-electron chi connectivity index (χ0n) is 28.5. The number of anilines is 2. The molecule has 1 aliphatic carbocycles. The predicted molar refractivity (Wildman–Crippen MR) is 189 cm³/mol. The highest BCUT2D eigenvalue weighted by atomic mass is 19.1. The smallest absolute Gasteiger partial charge is 0.213 e. The maximum absolute atomic E-state index is 16.2. The molecule has 8 rings (SSSR count). The van der Waals surface area contributed by atoms with Crippen molar-refractivity contribution in [1.29, 1.82) is 0 Å². The average Bonchev–Trinajstić information content (AvgIpc) is 3.11. The number of pyridine rings is 3. The number of nitrogens with zero attached hydrogens (tertiary/aromatic N) is 5. The minimum atomic E-state index is -0.313. The lowest BCUT2D eigenvalue weighted by Crippen LogP contribution is -2.48. The van der Waals surface area contributed by atoms with Gasteiger partial charge in [0.2, 0.25) is 5.88 Å². The summed E-state index contributed by atoms with van der Waals surface area (Å²) < 4.78 is 30.1. The Morgan fingerprint density at radius 3 is 2.78 bits per heavy atom. The Labute approximate surface area is 286 Å². The number of aromatic nitrogens is 3. The van der Waals surface area contributed by atoms with Gasteiger partial charge in [0.15, 0.2) is 5.43 Å². The SMILES string of the molecule is COc1cc(CN(Cc2cn3c4c(c(C5CC6(CCNCC6)C5)c(F)cc4c2=O)OCC3C)[C@H]2CCCN(c3ccc(N)nc3)C2)ccn1. The number of ether oxygens (including phenoxy) is 2. The Morgan fingerprint density at radius 1 is 1.16 bits per heavy atom. The number of nitrogen functional groups attached to an aromatic ring is 1. The van der Waals surface area contributed by atoms with E-state index in [1.807, 2.05) is 36.7 Å². The minimum Gasteiger partial charge on any atom is -0.489 e. The van der Waals surface area contributed by atoms with Crippen molar-refractivity contribution in [1.82, 2.24) is 24.8 Å². The number of benzene rings is 1. The van der Waals surface area contributed by atoms with E-state index in [-0.39, 0.29) is 29.2 Å². The van der Waals surface area contributed by atoms with Crippen molar-refractivity contribution in [3.8, 4) is 11.6 Å². The van der Waals surface area contributed by atoms with Gasteiger partial charge in [0, 0.05) is 61.8 Å². The fourth-order valence-corrected chi connectivity index (χ4v) is 8.85. The van der Waals surface area contributed by atoms with Gasteiger partial charge in [0.1, 0.15) is 24.0 Å². The highest BCUT2D eigenvalue weighted by Crippen LogP contribution is 2.58. The van der Waals surface area contributed by atoms with Crippen molar-refractivity contribution in [2.24, 2.45) is 5.41 Å². The van der Waals surface area contributed by atoms with Crippen molar-refractivity contribution in [2.45, 2.75) is 76.5 Å². The van der Waals surface area contributed by atoms with Gasteiger partial charge in [-0.25, -0.2) is 14.4 Å². The van der Waals surface area contributed by atoms with E-state index in [0.717, 1.165) is 81.5 Å². The van der Waals surface area contributed by atoms with Gasteiger partial charge < -0.3 is 30.0 Å². The van der Waals surface area contributed by atoms with Crippen LogP contribution in [0.15, 0.2) is 53.7 Å². The van der Waals surface area contributed by atoms with E-state index in [1.165, 1.54) is 6.07 Å². The van der Waals surface area contributed by atoms with Gasteiger partial charge in [0.05, 0.1) is 35.9 Å². The molecule has 6 heterocycles. The molecule has 1 saturated carbocycles. The summed E-state index contributed by atoms with van der Waals surface area (Å²) in [6, 6.07) is 9.45. The Kier molecular flexibility index (Phi) is 8.43. The van der Waals surface area contributed by atoms with Crippen LogP contribution in [-0.2, 0) is 13.1 Å². The number of halogens is 1. The van der Waals surface area contributed by atoms with Crippen molar-refractivity contribution < 1.29 is 13.9 Å². The minimum absolute atomic E-state index is 0.00547. The van der Waals surface area contributed by atoms with Gasteiger partial charge in [-0.15, -0.1) is 0 Å². The normalized spacial score (nSPS) is 21.9. The lowest BCUT2D eigenvalue weighted by molar-refractivity contribution is 0.0571. The lowest BCUT2D eigenvalue weighted by atomic mass is 9.56. The molecule has 3 fully saturated rings. The molecule has 10 nitrogen and oxygen atoms in total. The standard InChI is InChI=1S/C38H46FN7O3/c1-24-23-49-37-34(26-16-38(17-26)8-11-41-12-9-38)31(39)15-30-35(37)46(24)21-27(36(30)47)20-45(19-25-7-10-42-33(14-25)48-2)29-4-3-13-44(22-29)28-5-6-32(40)43-18-28/h5-7,10,14-15,18,21,24,26,29,41H,3-4,8-9,11-13,16-17,19-20,22-23H2,1-2H3,(H2,40,43)/t24?,29-/m0/s1. The molecule has 0 radical (unpaired) electrons. The number of methoxy groups -OCH3 is 1. The summed E-state index contributed by atoms with van der Waals surface area (Å²) in [6.07, 6.45) is 11.8. The van der Waals surface area contributed by atoms with Crippen LogP contribution in [0.3, 0.4) is 0 Å². The van der Waals surface area contributed by atoms with Crippen LogP contribution in [0.5, 0.6) is 11.6 Å². The largest absolute Gasteiger partial charge is 0.489 e. The summed E-state index contributed by atoms with van der Waals surface area (Å²) in [5.41, 5.74) is 10.2. The highest BCUT2D eigenvalue weighted by Gasteiger charge is 2.47. The molecule has 3 aromatic heterocycles. The maximum Gasteiger partial charge on any atom is 0.213 e. The van der Waals surface area contributed by atoms with Crippen molar-refractivity contribution in [3.05, 3.63) is 81.7 Å². The van der Waals surface area contributed by atoms with Crippen LogP contribution in [0, 0.1) is 11.2 Å². The van der Waals surface area contributed by atoms with E-state index >= 15 is 4.39 Å². The zero-order chi connectivity index (χ0) is 33.7. The van der Waals surface area contributed by atoms with E-state index in [2.05, 4.69) is 36.6 Å². The molecule has 49 heavy (non-hydrogen) atoms. The predicted octanol–water partition coefficient (Wildman–Crippen LogP) is 5.39. The number of hydrogen-bond donors (Lipinski definition) is 2. The zero-order valence-corrected chi connectivity index (χ0v) is 28.5. The summed E-state index contributed by atoms with van der Waals surface area (Å²) in [5.74, 6) is 1.43. The van der Waals surface area contributed by atoms with E-state index < -0.39 is 0 Å². The van der Waals surface area contributed by atoms with Crippen LogP contribution in [-0.4, -0.2) is 65.4 Å². The maximum atomic E-state index is 16.2. The topological polar surface area (TPSA) is 111 Å². The molecule has 1 spiro atoms. The van der Waals surface area contributed by atoms with E-state index in [1.54, 1.807) is 13.3 Å². The quantitative estimate of drug-likeness (QED) is 0.256. The first-order chi connectivity index (χ1) is 23.8. The van der Waals surface area contributed by atoms with Gasteiger partial charge in [0.25, 0.3) is 0 Å². The Bertz CT molecular complexity index is 1900. The van der Waals surface area contributed by atoms with E-state index in [9.17, 15) is 4.79 Å². The number of nitrogens with two attached hydrogens (primary N) is 1. The fraction of sp³-hybridized carbons (Fsp3) is 0.500. The van der Waals surface area contributed by atoms with Gasteiger partial charge in [-0.05, 0) is 99.7 Å².